The lowest BCUT2D eigenvalue weighted by Crippen LogP contribution is -2.43. The summed E-state index contributed by atoms with van der Waals surface area (Å²) in [5.41, 5.74) is 5.98. The second-order valence-electron chi connectivity index (χ2n) is 14.9. The van der Waals surface area contributed by atoms with Crippen molar-refractivity contribution in [2.24, 2.45) is 34.5 Å². The van der Waals surface area contributed by atoms with Crippen LogP contribution in [0.5, 0.6) is 11.5 Å². The second kappa shape index (κ2) is 10.6. The molecule has 0 aliphatic heterocycles. The first-order valence-corrected chi connectivity index (χ1v) is 16.2. The minimum absolute atomic E-state index is 0. The summed E-state index contributed by atoms with van der Waals surface area (Å²) >= 11 is 0. The Morgan fingerprint density at radius 1 is 0.585 bits per heavy atom. The fraction of sp³-hybridized carbons (Fsp3) is 0.667. The van der Waals surface area contributed by atoms with Crippen LogP contribution >= 0.6 is 0 Å². The van der Waals surface area contributed by atoms with Gasteiger partial charge in [-0.2, -0.15) is 0 Å². The molecule has 0 heterocycles. The molecule has 2 unspecified atom stereocenters. The van der Waals surface area contributed by atoms with Crippen LogP contribution < -0.4 is 0 Å². The first-order chi connectivity index (χ1) is 19.2. The number of rotatable bonds is 0. The predicted molar refractivity (Wildman–Crippen MR) is 161 cm³/mol. The molecule has 0 amide bonds. The van der Waals surface area contributed by atoms with Gasteiger partial charge < -0.3 is 25.9 Å². The minimum atomic E-state index is -0.0883. The van der Waals surface area contributed by atoms with Gasteiger partial charge in [0.2, 0.25) is 0 Å². The van der Waals surface area contributed by atoms with Crippen LogP contribution in [0.2, 0.25) is 0 Å². The van der Waals surface area contributed by atoms with Crippen LogP contribution in [0.15, 0.2) is 36.4 Å². The lowest BCUT2D eigenvalue weighted by molar-refractivity contribution is -0.0226. The first kappa shape index (κ1) is 29.0. The summed E-state index contributed by atoms with van der Waals surface area (Å²) in [6.07, 6.45) is 13.6. The Morgan fingerprint density at radius 2 is 1.00 bits per heavy atom. The Balaban J connectivity index is 0.000000144. The fourth-order valence-electron chi connectivity index (χ4n) is 11.1. The van der Waals surface area contributed by atoms with Crippen molar-refractivity contribution in [3.8, 4) is 11.5 Å². The highest BCUT2D eigenvalue weighted by molar-refractivity contribution is 5.41. The number of benzene rings is 2. The van der Waals surface area contributed by atoms with E-state index in [4.69, 9.17) is 0 Å². The smallest absolute Gasteiger partial charge is 0.115 e. The Kier molecular flexibility index (Phi) is 7.48. The first-order valence-electron chi connectivity index (χ1n) is 16.2. The van der Waals surface area contributed by atoms with Crippen molar-refractivity contribution in [2.75, 3.05) is 0 Å². The predicted octanol–water partition coefficient (Wildman–Crippen LogP) is 6.39. The number of aliphatic hydroxyl groups excluding tert-OH is 2. The van der Waals surface area contributed by atoms with Gasteiger partial charge in [-0.1, -0.05) is 26.0 Å². The van der Waals surface area contributed by atoms with E-state index in [-0.39, 0.29) is 28.5 Å². The lowest BCUT2D eigenvalue weighted by Gasteiger charge is -2.50. The van der Waals surface area contributed by atoms with Crippen molar-refractivity contribution < 1.29 is 25.9 Å². The normalized spacial score (nSPS) is 41.7. The molecule has 0 radical (unpaired) electrons. The highest BCUT2D eigenvalue weighted by atomic mass is 16.3. The molecule has 41 heavy (non-hydrogen) atoms. The van der Waals surface area contributed by atoms with E-state index >= 15 is 0 Å². The van der Waals surface area contributed by atoms with Crippen molar-refractivity contribution >= 4 is 0 Å². The van der Waals surface area contributed by atoms with E-state index in [9.17, 15) is 20.4 Å². The summed E-state index contributed by atoms with van der Waals surface area (Å²) in [6.45, 7) is 4.63. The van der Waals surface area contributed by atoms with Crippen LogP contribution in [0.3, 0.4) is 0 Å². The summed E-state index contributed by atoms with van der Waals surface area (Å²) in [5.74, 6) is 4.98. The molecule has 0 bridgehead atoms. The van der Waals surface area contributed by atoms with Gasteiger partial charge in [0.05, 0.1) is 12.2 Å². The number of phenols is 2. The molecular formula is C36H50O5. The van der Waals surface area contributed by atoms with E-state index in [0.717, 1.165) is 50.4 Å². The fourth-order valence-corrected chi connectivity index (χ4v) is 11.1. The number of aryl methyl sites for hydroxylation is 2. The zero-order chi connectivity index (χ0) is 27.8. The van der Waals surface area contributed by atoms with E-state index in [1.165, 1.54) is 60.8 Å². The Bertz CT molecular complexity index is 1180. The standard InChI is InChI=1S/2C18H24O2.H2O/c2*1-18-9-8-14-13-5-3-12(19)10-11(13)2-4-15(14)16(18)6-7-17(18)20;/h2*3,5,10,14-17,19-20H,2,4,6-9H2,1H3;1H2/t2*14-,15-,16+,17?,18+;/m11./s1. The van der Waals surface area contributed by atoms with E-state index < -0.39 is 0 Å². The highest BCUT2D eigenvalue weighted by Crippen LogP contribution is 2.62. The van der Waals surface area contributed by atoms with Gasteiger partial charge in [0.25, 0.3) is 0 Å². The van der Waals surface area contributed by atoms with Crippen molar-refractivity contribution in [1.82, 2.24) is 0 Å². The van der Waals surface area contributed by atoms with Gasteiger partial charge in [-0.25, -0.2) is 0 Å². The van der Waals surface area contributed by atoms with Crippen LogP contribution in [0.1, 0.15) is 112 Å². The van der Waals surface area contributed by atoms with E-state index in [0.29, 0.717) is 35.2 Å². The van der Waals surface area contributed by atoms with Crippen LogP contribution in [-0.4, -0.2) is 38.1 Å². The Hall–Kier alpha value is -2.08. The number of fused-ring (bicyclic) bond motifs is 10. The van der Waals surface area contributed by atoms with Crippen LogP contribution in [0.4, 0.5) is 0 Å². The molecule has 4 saturated carbocycles. The largest absolute Gasteiger partial charge is 0.508 e. The molecule has 5 heteroatoms. The molecule has 0 aromatic heterocycles. The molecule has 0 spiro atoms. The average molecular weight is 563 g/mol. The maximum atomic E-state index is 10.4. The number of aromatic hydroxyl groups is 2. The molecule has 6 aliphatic carbocycles. The van der Waals surface area contributed by atoms with Crippen LogP contribution in [0, 0.1) is 34.5 Å². The minimum Gasteiger partial charge on any atom is -0.508 e. The highest BCUT2D eigenvalue weighted by Gasteiger charge is 2.55. The molecule has 6 N–H and O–H groups in total. The van der Waals surface area contributed by atoms with Crippen molar-refractivity contribution in [1.29, 1.82) is 0 Å². The molecule has 4 fully saturated rings. The van der Waals surface area contributed by atoms with Crippen molar-refractivity contribution in [3.05, 3.63) is 58.7 Å². The summed E-state index contributed by atoms with van der Waals surface area (Å²) in [7, 11) is 0. The van der Waals surface area contributed by atoms with E-state index in [1.54, 1.807) is 0 Å². The second-order valence-corrected chi connectivity index (χ2v) is 14.9. The topological polar surface area (TPSA) is 112 Å². The maximum Gasteiger partial charge on any atom is 0.115 e. The molecule has 10 atom stereocenters. The Morgan fingerprint density at radius 3 is 1.41 bits per heavy atom. The third-order valence-electron chi connectivity index (χ3n) is 13.3. The van der Waals surface area contributed by atoms with Gasteiger partial charge in [-0.3, -0.25) is 0 Å². The summed E-state index contributed by atoms with van der Waals surface area (Å²) in [5, 5.41) is 40.1. The number of aliphatic hydroxyl groups is 2. The van der Waals surface area contributed by atoms with E-state index in [1.807, 2.05) is 24.3 Å². The zero-order valence-electron chi connectivity index (χ0n) is 24.9. The molecule has 5 nitrogen and oxygen atoms in total. The third kappa shape index (κ3) is 4.53. The summed E-state index contributed by atoms with van der Waals surface area (Å²) in [4.78, 5) is 0. The summed E-state index contributed by atoms with van der Waals surface area (Å²) < 4.78 is 0. The average Bonchev–Trinajstić information content (AvgIpc) is 3.43. The molecule has 2 aromatic rings. The summed E-state index contributed by atoms with van der Waals surface area (Å²) in [6, 6.07) is 11.9. The molecule has 2 aromatic carbocycles. The number of hydrogen-bond acceptors (Lipinski definition) is 4. The quantitative estimate of drug-likeness (QED) is 0.298. The third-order valence-corrected chi connectivity index (χ3v) is 13.3. The molecular weight excluding hydrogens is 512 g/mol. The van der Waals surface area contributed by atoms with Crippen molar-refractivity contribution in [2.45, 2.75) is 115 Å². The van der Waals surface area contributed by atoms with Gasteiger partial charge in [-0.15, -0.1) is 0 Å². The van der Waals surface area contributed by atoms with Gasteiger partial charge in [0.1, 0.15) is 11.5 Å². The lowest BCUT2D eigenvalue weighted by atomic mass is 9.55. The van der Waals surface area contributed by atoms with Crippen LogP contribution in [0.25, 0.3) is 0 Å². The van der Waals surface area contributed by atoms with Gasteiger partial charge in [0.15, 0.2) is 0 Å². The van der Waals surface area contributed by atoms with Crippen molar-refractivity contribution in [3.63, 3.8) is 0 Å². The SMILES string of the molecule is C[C@]12CC[C@@H]3c4ccc(O)cc4CC[C@H]3[C@@H]1CCC2O.C[C@]12CC[C@@H]3c4ccc(O)cc4CC[C@H]3[C@@H]1CCC2O.O. The zero-order valence-corrected chi connectivity index (χ0v) is 24.9. The Labute approximate surface area is 245 Å². The number of phenolic OH excluding ortho intramolecular Hbond substituents is 2. The maximum absolute atomic E-state index is 10.4. The van der Waals surface area contributed by atoms with E-state index in [2.05, 4.69) is 26.0 Å². The molecule has 8 rings (SSSR count). The molecule has 6 aliphatic rings. The molecule has 224 valence electrons. The van der Waals surface area contributed by atoms with Gasteiger partial charge in [0, 0.05) is 0 Å². The van der Waals surface area contributed by atoms with Crippen LogP contribution in [-0.2, 0) is 12.8 Å². The van der Waals surface area contributed by atoms with Gasteiger partial charge >= 0.3 is 0 Å². The number of hydrogen-bond donors (Lipinski definition) is 4. The monoisotopic (exact) mass is 562 g/mol. The van der Waals surface area contributed by atoms with Gasteiger partial charge in [-0.05, 0) is 170 Å². The molecule has 0 saturated heterocycles.